The standard InChI is InChI=1S/C14H25N5S.HI/c1-14(2)6-7-19(10-14)12(15-3)16-8-11-9-20-13(17-11)18(4)5;/h9H,6-8,10H2,1-5H3,(H,15,16);1H. The van der Waals surface area contributed by atoms with Crippen LogP contribution in [0.1, 0.15) is 26.0 Å². The molecular formula is C14H26IN5S. The van der Waals surface area contributed by atoms with Crippen LogP contribution in [-0.4, -0.2) is 50.1 Å². The molecule has 1 fully saturated rings. The minimum absolute atomic E-state index is 0. The first-order valence-electron chi connectivity index (χ1n) is 6.98. The van der Waals surface area contributed by atoms with Crippen LogP contribution >= 0.6 is 35.3 Å². The van der Waals surface area contributed by atoms with Crippen LogP contribution in [0.15, 0.2) is 10.4 Å². The zero-order chi connectivity index (χ0) is 14.8. The summed E-state index contributed by atoms with van der Waals surface area (Å²) in [4.78, 5) is 13.3. The Morgan fingerprint density at radius 2 is 2.24 bits per heavy atom. The highest BCUT2D eigenvalue weighted by Crippen LogP contribution is 2.28. The maximum Gasteiger partial charge on any atom is 0.193 e. The molecule has 0 aromatic carbocycles. The molecule has 5 nitrogen and oxygen atoms in total. The van der Waals surface area contributed by atoms with Gasteiger partial charge >= 0.3 is 0 Å². The SMILES string of the molecule is CN=C(NCc1csc(N(C)C)n1)N1CCC(C)(C)C1.I. The van der Waals surface area contributed by atoms with Crippen molar-refractivity contribution in [1.29, 1.82) is 0 Å². The molecule has 0 radical (unpaired) electrons. The van der Waals surface area contributed by atoms with Gasteiger partial charge in [0.15, 0.2) is 11.1 Å². The Morgan fingerprint density at radius 3 is 2.71 bits per heavy atom. The highest BCUT2D eigenvalue weighted by atomic mass is 127. The van der Waals surface area contributed by atoms with Crippen molar-refractivity contribution in [1.82, 2.24) is 15.2 Å². The molecule has 0 aliphatic carbocycles. The molecular weight excluding hydrogens is 397 g/mol. The van der Waals surface area contributed by atoms with E-state index in [1.165, 1.54) is 6.42 Å². The summed E-state index contributed by atoms with van der Waals surface area (Å²) in [6.07, 6.45) is 1.22. The van der Waals surface area contributed by atoms with E-state index < -0.39 is 0 Å². The van der Waals surface area contributed by atoms with Crippen LogP contribution in [-0.2, 0) is 6.54 Å². The highest BCUT2D eigenvalue weighted by molar-refractivity contribution is 14.0. The van der Waals surface area contributed by atoms with Gasteiger partial charge in [-0.05, 0) is 11.8 Å². The van der Waals surface area contributed by atoms with E-state index in [-0.39, 0.29) is 24.0 Å². The van der Waals surface area contributed by atoms with E-state index in [0.717, 1.165) is 36.4 Å². The quantitative estimate of drug-likeness (QED) is 0.461. The summed E-state index contributed by atoms with van der Waals surface area (Å²) in [5.41, 5.74) is 1.45. The predicted octanol–water partition coefficient (Wildman–Crippen LogP) is 2.63. The fraction of sp³-hybridized carbons (Fsp3) is 0.714. The van der Waals surface area contributed by atoms with Gasteiger partial charge in [-0.1, -0.05) is 13.8 Å². The van der Waals surface area contributed by atoms with Crippen molar-refractivity contribution in [2.24, 2.45) is 10.4 Å². The first-order valence-corrected chi connectivity index (χ1v) is 7.86. The first kappa shape index (κ1) is 18.5. The Bertz CT molecular complexity index is 483. The lowest BCUT2D eigenvalue weighted by Gasteiger charge is -2.23. The molecule has 1 N–H and O–H groups in total. The summed E-state index contributed by atoms with van der Waals surface area (Å²) < 4.78 is 0. The smallest absolute Gasteiger partial charge is 0.193 e. The van der Waals surface area contributed by atoms with E-state index in [9.17, 15) is 0 Å². The summed E-state index contributed by atoms with van der Waals surface area (Å²) in [6, 6.07) is 0. The number of thiazole rings is 1. The van der Waals surface area contributed by atoms with Crippen molar-refractivity contribution in [2.45, 2.75) is 26.8 Å². The van der Waals surface area contributed by atoms with E-state index >= 15 is 0 Å². The topological polar surface area (TPSA) is 43.8 Å². The number of hydrogen-bond acceptors (Lipinski definition) is 4. The minimum Gasteiger partial charge on any atom is -0.354 e. The van der Waals surface area contributed by atoms with Crippen molar-refractivity contribution < 1.29 is 0 Å². The number of hydrogen-bond donors (Lipinski definition) is 1. The van der Waals surface area contributed by atoms with Crippen LogP contribution in [0.4, 0.5) is 5.13 Å². The Hall–Kier alpha value is -0.570. The van der Waals surface area contributed by atoms with Crippen molar-refractivity contribution in [3.8, 4) is 0 Å². The lowest BCUT2D eigenvalue weighted by molar-refractivity contribution is 0.370. The van der Waals surface area contributed by atoms with Gasteiger partial charge in [-0.3, -0.25) is 4.99 Å². The second kappa shape index (κ2) is 7.62. The molecule has 7 heteroatoms. The molecule has 1 saturated heterocycles. The molecule has 1 aliphatic heterocycles. The largest absolute Gasteiger partial charge is 0.354 e. The van der Waals surface area contributed by atoms with Gasteiger partial charge in [-0.2, -0.15) is 0 Å². The van der Waals surface area contributed by atoms with Crippen LogP contribution in [0.5, 0.6) is 0 Å². The molecule has 0 unspecified atom stereocenters. The molecule has 21 heavy (non-hydrogen) atoms. The molecule has 1 aliphatic rings. The third-order valence-corrected chi connectivity index (χ3v) is 4.60. The van der Waals surface area contributed by atoms with Gasteiger partial charge in [0.2, 0.25) is 0 Å². The molecule has 0 saturated carbocycles. The van der Waals surface area contributed by atoms with Crippen molar-refractivity contribution in [2.75, 3.05) is 39.1 Å². The van der Waals surface area contributed by atoms with Crippen molar-refractivity contribution in [3.05, 3.63) is 11.1 Å². The monoisotopic (exact) mass is 423 g/mol. The van der Waals surface area contributed by atoms with Crippen LogP contribution in [0.25, 0.3) is 0 Å². The summed E-state index contributed by atoms with van der Waals surface area (Å²) in [5, 5.41) is 6.56. The first-order chi connectivity index (χ1) is 9.41. The molecule has 2 heterocycles. The van der Waals surface area contributed by atoms with Crippen molar-refractivity contribution in [3.63, 3.8) is 0 Å². The minimum atomic E-state index is 0. The van der Waals surface area contributed by atoms with Crippen LogP contribution < -0.4 is 10.2 Å². The Labute approximate surface area is 148 Å². The predicted molar refractivity (Wildman–Crippen MR) is 102 cm³/mol. The number of guanidine groups is 1. The number of nitrogens with zero attached hydrogens (tertiary/aromatic N) is 4. The number of halogens is 1. The third kappa shape index (κ3) is 4.98. The fourth-order valence-electron chi connectivity index (χ4n) is 2.38. The Kier molecular flexibility index (Phi) is 6.71. The van der Waals surface area contributed by atoms with E-state index in [4.69, 9.17) is 0 Å². The van der Waals surface area contributed by atoms with Crippen LogP contribution in [0, 0.1) is 5.41 Å². The molecule has 120 valence electrons. The summed E-state index contributed by atoms with van der Waals surface area (Å²) in [7, 11) is 5.88. The second-order valence-electron chi connectivity index (χ2n) is 6.25. The van der Waals surface area contributed by atoms with Gasteiger partial charge in [0, 0.05) is 39.6 Å². The molecule has 0 spiro atoms. The van der Waals surface area contributed by atoms with Crippen LogP contribution in [0.3, 0.4) is 0 Å². The second-order valence-corrected chi connectivity index (χ2v) is 7.09. The lowest BCUT2D eigenvalue weighted by atomic mass is 9.93. The molecule has 0 amide bonds. The van der Waals surface area contributed by atoms with Crippen LogP contribution in [0.2, 0.25) is 0 Å². The zero-order valence-corrected chi connectivity index (χ0v) is 16.7. The van der Waals surface area contributed by atoms with Gasteiger partial charge in [0.1, 0.15) is 0 Å². The summed E-state index contributed by atoms with van der Waals surface area (Å²) in [5.74, 6) is 0.981. The Morgan fingerprint density at radius 1 is 1.52 bits per heavy atom. The van der Waals surface area contributed by atoms with Gasteiger partial charge in [0.05, 0.1) is 12.2 Å². The van der Waals surface area contributed by atoms with E-state index in [1.54, 1.807) is 11.3 Å². The third-order valence-electron chi connectivity index (χ3n) is 3.54. The van der Waals surface area contributed by atoms with E-state index in [0.29, 0.717) is 5.41 Å². The molecule has 1 aromatic rings. The van der Waals surface area contributed by atoms with Crippen molar-refractivity contribution >= 4 is 46.4 Å². The number of likely N-dealkylation sites (tertiary alicyclic amines) is 1. The fourth-order valence-corrected chi connectivity index (χ4v) is 3.14. The number of aromatic nitrogens is 1. The van der Waals surface area contributed by atoms with Gasteiger partial charge in [0.25, 0.3) is 0 Å². The average Bonchev–Trinajstić information content (AvgIpc) is 2.97. The normalized spacial score (nSPS) is 17.6. The average molecular weight is 423 g/mol. The number of rotatable bonds is 3. The van der Waals surface area contributed by atoms with E-state index in [1.807, 2.05) is 26.0 Å². The maximum absolute atomic E-state index is 4.58. The summed E-state index contributed by atoms with van der Waals surface area (Å²) in [6.45, 7) is 7.49. The Balaban J connectivity index is 0.00000220. The van der Waals surface area contributed by atoms with Gasteiger partial charge in [-0.25, -0.2) is 4.98 Å². The summed E-state index contributed by atoms with van der Waals surface area (Å²) >= 11 is 1.67. The highest BCUT2D eigenvalue weighted by Gasteiger charge is 2.30. The molecule has 2 rings (SSSR count). The number of anilines is 1. The number of aliphatic imine (C=N–C) groups is 1. The molecule has 0 bridgehead atoms. The zero-order valence-electron chi connectivity index (χ0n) is 13.5. The van der Waals surface area contributed by atoms with Gasteiger partial charge < -0.3 is 15.1 Å². The van der Waals surface area contributed by atoms with Gasteiger partial charge in [-0.15, -0.1) is 35.3 Å². The number of nitrogens with one attached hydrogen (secondary N) is 1. The molecule has 0 atom stereocenters. The molecule has 1 aromatic heterocycles. The lowest BCUT2D eigenvalue weighted by Crippen LogP contribution is -2.40. The van der Waals surface area contributed by atoms with E-state index in [2.05, 4.69) is 39.4 Å². The maximum atomic E-state index is 4.58.